The van der Waals surface area contributed by atoms with Crippen molar-refractivity contribution in [2.24, 2.45) is 0 Å². The van der Waals surface area contributed by atoms with E-state index in [1.54, 1.807) is 6.07 Å². The summed E-state index contributed by atoms with van der Waals surface area (Å²) < 4.78 is 37.6. The van der Waals surface area contributed by atoms with E-state index >= 15 is 0 Å². The van der Waals surface area contributed by atoms with Crippen molar-refractivity contribution in [3.05, 3.63) is 18.2 Å². The average Bonchev–Trinajstić information content (AvgIpc) is 2.57. The van der Waals surface area contributed by atoms with Crippen molar-refractivity contribution in [2.75, 3.05) is 32.1 Å². The quantitative estimate of drug-likeness (QED) is 0.796. The molecule has 25 heavy (non-hydrogen) atoms. The fraction of sp³-hybridized carbons (Fsp3) is 0.588. The van der Waals surface area contributed by atoms with Crippen molar-refractivity contribution < 1.29 is 22.7 Å². The van der Waals surface area contributed by atoms with Crippen molar-refractivity contribution >= 4 is 21.6 Å². The van der Waals surface area contributed by atoms with Crippen LogP contribution < -0.4 is 10.1 Å². The van der Waals surface area contributed by atoms with Crippen LogP contribution in [-0.2, 0) is 19.6 Å². The van der Waals surface area contributed by atoms with Crippen molar-refractivity contribution in [1.29, 1.82) is 0 Å². The highest BCUT2D eigenvalue weighted by molar-refractivity contribution is 7.89. The first kappa shape index (κ1) is 19.7. The van der Waals surface area contributed by atoms with E-state index in [9.17, 15) is 13.2 Å². The van der Waals surface area contributed by atoms with E-state index in [1.807, 2.05) is 13.8 Å². The first-order valence-electron chi connectivity index (χ1n) is 8.44. The molecule has 0 saturated carbocycles. The number of sulfonamides is 1. The number of hydrogen-bond acceptors (Lipinski definition) is 5. The normalized spacial score (nSPS) is 16.0. The van der Waals surface area contributed by atoms with E-state index in [0.717, 1.165) is 19.3 Å². The number of ether oxygens (including phenoxy) is 2. The Labute approximate surface area is 149 Å². The van der Waals surface area contributed by atoms with Crippen LogP contribution in [0.4, 0.5) is 5.69 Å². The summed E-state index contributed by atoms with van der Waals surface area (Å²) in [5.41, 5.74) is 0.328. The Morgan fingerprint density at radius 2 is 1.92 bits per heavy atom. The Kier molecular flexibility index (Phi) is 6.80. The minimum absolute atomic E-state index is 0.109. The Bertz CT molecular complexity index is 697. The van der Waals surface area contributed by atoms with Gasteiger partial charge in [0.2, 0.25) is 15.9 Å². The highest BCUT2D eigenvalue weighted by Gasteiger charge is 2.27. The number of benzene rings is 1. The number of anilines is 1. The molecule has 0 atom stereocenters. The van der Waals surface area contributed by atoms with E-state index < -0.39 is 10.0 Å². The van der Waals surface area contributed by atoms with Crippen LogP contribution in [0.2, 0.25) is 0 Å². The molecular formula is C17H26N2O5S. The number of nitrogens with zero attached hydrogens (tertiary/aromatic N) is 1. The van der Waals surface area contributed by atoms with Crippen molar-refractivity contribution in [1.82, 2.24) is 4.31 Å². The van der Waals surface area contributed by atoms with Gasteiger partial charge in [0.1, 0.15) is 12.4 Å². The maximum absolute atomic E-state index is 12.8. The number of rotatable bonds is 7. The Morgan fingerprint density at radius 3 is 2.52 bits per heavy atom. The van der Waals surface area contributed by atoms with Gasteiger partial charge in [-0.15, -0.1) is 0 Å². The molecule has 1 aromatic rings. The molecule has 1 saturated heterocycles. The molecule has 2 rings (SSSR count). The van der Waals surface area contributed by atoms with E-state index in [4.69, 9.17) is 9.47 Å². The van der Waals surface area contributed by atoms with Gasteiger partial charge in [0.25, 0.3) is 0 Å². The molecule has 0 radical (unpaired) electrons. The zero-order chi connectivity index (χ0) is 18.4. The van der Waals surface area contributed by atoms with E-state index in [2.05, 4.69) is 5.32 Å². The molecule has 8 heteroatoms. The third-order valence-electron chi connectivity index (χ3n) is 3.82. The molecule has 0 aromatic heterocycles. The number of hydrogen-bond donors (Lipinski definition) is 1. The minimum Gasteiger partial charge on any atom is -0.489 e. The second-order valence-corrected chi connectivity index (χ2v) is 8.21. The summed E-state index contributed by atoms with van der Waals surface area (Å²) in [5, 5.41) is 2.66. The molecule has 7 nitrogen and oxygen atoms in total. The van der Waals surface area contributed by atoms with Gasteiger partial charge >= 0.3 is 0 Å². The summed E-state index contributed by atoms with van der Waals surface area (Å²) in [6.07, 6.45) is 2.67. The SMILES string of the molecule is COCC(=O)Nc1cc(S(=O)(=O)N2CCCCC2)ccc1OC(C)C. The second kappa shape index (κ2) is 8.64. The van der Waals surface area contributed by atoms with Crippen LogP contribution in [0.1, 0.15) is 33.1 Å². The maximum Gasteiger partial charge on any atom is 0.250 e. The van der Waals surface area contributed by atoms with Gasteiger partial charge in [0.05, 0.1) is 16.7 Å². The van der Waals surface area contributed by atoms with E-state index in [1.165, 1.54) is 23.5 Å². The standard InChI is InChI=1S/C17H26N2O5S/c1-13(2)24-16-8-7-14(11-15(16)18-17(20)12-23-3)25(21,22)19-9-5-4-6-10-19/h7-8,11,13H,4-6,9-10,12H2,1-3H3,(H,18,20). The molecule has 1 aliphatic rings. The lowest BCUT2D eigenvalue weighted by molar-refractivity contribution is -0.119. The predicted molar refractivity (Wildman–Crippen MR) is 95.3 cm³/mol. The van der Waals surface area contributed by atoms with Crippen LogP contribution in [0.25, 0.3) is 0 Å². The molecule has 0 aliphatic carbocycles. The van der Waals surface area contributed by atoms with E-state index in [-0.39, 0.29) is 23.5 Å². The largest absolute Gasteiger partial charge is 0.489 e. The molecule has 1 aliphatic heterocycles. The third kappa shape index (κ3) is 5.17. The minimum atomic E-state index is -3.58. The molecule has 0 spiro atoms. The summed E-state index contributed by atoms with van der Waals surface area (Å²) in [5.74, 6) is 0.0562. The average molecular weight is 370 g/mol. The number of nitrogens with one attached hydrogen (secondary N) is 1. The zero-order valence-corrected chi connectivity index (χ0v) is 15.8. The summed E-state index contributed by atoms with van der Waals surface area (Å²) in [7, 11) is -2.16. The molecule has 1 fully saturated rings. The van der Waals surface area contributed by atoms with Gasteiger partial charge < -0.3 is 14.8 Å². The second-order valence-electron chi connectivity index (χ2n) is 6.27. The molecule has 0 unspecified atom stereocenters. The van der Waals surface area contributed by atoms with Crippen molar-refractivity contribution in [3.63, 3.8) is 0 Å². The number of methoxy groups -OCH3 is 1. The lowest BCUT2D eigenvalue weighted by atomic mass is 10.2. The van der Waals surface area contributed by atoms with Gasteiger partial charge in [0.15, 0.2) is 0 Å². The first-order chi connectivity index (χ1) is 11.8. The lowest BCUT2D eigenvalue weighted by Crippen LogP contribution is -2.35. The fourth-order valence-corrected chi connectivity index (χ4v) is 4.24. The monoisotopic (exact) mass is 370 g/mol. The van der Waals surface area contributed by atoms with Gasteiger partial charge in [-0.05, 0) is 44.9 Å². The number of amides is 1. The topological polar surface area (TPSA) is 84.9 Å². The van der Waals surface area contributed by atoms with Crippen LogP contribution in [0.5, 0.6) is 5.75 Å². The lowest BCUT2D eigenvalue weighted by Gasteiger charge is -2.26. The van der Waals surface area contributed by atoms with Crippen LogP contribution in [-0.4, -0.2) is 51.5 Å². The number of piperidine rings is 1. The van der Waals surface area contributed by atoms with Gasteiger partial charge in [0, 0.05) is 20.2 Å². The highest BCUT2D eigenvalue weighted by Crippen LogP contribution is 2.30. The molecule has 1 N–H and O–H groups in total. The van der Waals surface area contributed by atoms with Crippen molar-refractivity contribution in [2.45, 2.75) is 44.1 Å². The summed E-state index contributed by atoms with van der Waals surface area (Å²) in [6.45, 7) is 4.65. The zero-order valence-electron chi connectivity index (χ0n) is 14.9. The number of carbonyl (C=O) groups is 1. The number of carbonyl (C=O) groups excluding carboxylic acids is 1. The Morgan fingerprint density at radius 1 is 1.24 bits per heavy atom. The molecule has 1 amide bonds. The Hall–Kier alpha value is -1.64. The fourth-order valence-electron chi connectivity index (χ4n) is 2.70. The predicted octanol–water partition coefficient (Wildman–Crippen LogP) is 2.23. The van der Waals surface area contributed by atoms with Gasteiger partial charge in [-0.3, -0.25) is 4.79 Å². The summed E-state index contributed by atoms with van der Waals surface area (Å²) >= 11 is 0. The Balaban J connectivity index is 2.34. The first-order valence-corrected chi connectivity index (χ1v) is 9.88. The van der Waals surface area contributed by atoms with E-state index in [0.29, 0.717) is 24.5 Å². The molecule has 0 bridgehead atoms. The summed E-state index contributed by atoms with van der Waals surface area (Å²) in [4.78, 5) is 12.0. The smallest absolute Gasteiger partial charge is 0.250 e. The van der Waals surface area contributed by atoms with Crippen molar-refractivity contribution in [3.8, 4) is 5.75 Å². The van der Waals surface area contributed by atoms with Gasteiger partial charge in [-0.25, -0.2) is 8.42 Å². The summed E-state index contributed by atoms with van der Waals surface area (Å²) in [6, 6.07) is 4.56. The van der Waals surface area contributed by atoms with Crippen LogP contribution in [0, 0.1) is 0 Å². The third-order valence-corrected chi connectivity index (χ3v) is 5.71. The van der Waals surface area contributed by atoms with Crippen LogP contribution in [0.3, 0.4) is 0 Å². The van der Waals surface area contributed by atoms with Gasteiger partial charge in [-0.1, -0.05) is 6.42 Å². The molecule has 1 heterocycles. The van der Waals surface area contributed by atoms with Crippen LogP contribution >= 0.6 is 0 Å². The molecule has 1 aromatic carbocycles. The molecular weight excluding hydrogens is 344 g/mol. The van der Waals surface area contributed by atoms with Crippen LogP contribution in [0.15, 0.2) is 23.1 Å². The maximum atomic E-state index is 12.8. The van der Waals surface area contributed by atoms with Gasteiger partial charge in [-0.2, -0.15) is 4.31 Å². The highest BCUT2D eigenvalue weighted by atomic mass is 32.2. The molecule has 140 valence electrons.